The van der Waals surface area contributed by atoms with E-state index in [1.807, 2.05) is 36.6 Å². The lowest BCUT2D eigenvalue weighted by atomic mass is 10.0. The number of anilines is 1. The first-order chi connectivity index (χ1) is 14.8. The SMILES string of the molecule is Cc1cccc(C)c1CNc1cc(-n2cc(C(=O)O)ccc2=O)cn2c(C)c(C)nc12. The fraction of sp³-hybridized carbons (Fsp3) is 0.208. The summed E-state index contributed by atoms with van der Waals surface area (Å²) in [4.78, 5) is 28.6. The number of fused-ring (bicyclic) bond motifs is 1. The van der Waals surface area contributed by atoms with Crippen LogP contribution in [0.3, 0.4) is 0 Å². The average molecular weight is 416 g/mol. The van der Waals surface area contributed by atoms with E-state index in [4.69, 9.17) is 4.98 Å². The quantitative estimate of drug-likeness (QED) is 0.513. The number of aromatic carboxylic acids is 1. The van der Waals surface area contributed by atoms with E-state index in [2.05, 4.69) is 31.3 Å². The van der Waals surface area contributed by atoms with E-state index in [9.17, 15) is 14.7 Å². The molecule has 3 aromatic heterocycles. The fourth-order valence-corrected chi connectivity index (χ4v) is 3.75. The molecule has 3 heterocycles. The van der Waals surface area contributed by atoms with E-state index in [1.54, 1.807) is 0 Å². The second kappa shape index (κ2) is 7.75. The summed E-state index contributed by atoms with van der Waals surface area (Å²) in [7, 11) is 0. The molecule has 0 fully saturated rings. The number of nitrogens with one attached hydrogen (secondary N) is 1. The summed E-state index contributed by atoms with van der Waals surface area (Å²) < 4.78 is 3.28. The molecule has 7 heteroatoms. The molecule has 0 unspecified atom stereocenters. The van der Waals surface area contributed by atoms with Crippen LogP contribution >= 0.6 is 0 Å². The van der Waals surface area contributed by atoms with Gasteiger partial charge in [-0.3, -0.25) is 9.36 Å². The number of hydrogen-bond donors (Lipinski definition) is 2. The van der Waals surface area contributed by atoms with E-state index < -0.39 is 5.97 Å². The van der Waals surface area contributed by atoms with Crippen LogP contribution in [0.1, 0.15) is 38.4 Å². The van der Waals surface area contributed by atoms with Crippen molar-refractivity contribution in [1.82, 2.24) is 14.0 Å². The van der Waals surface area contributed by atoms with Gasteiger partial charge >= 0.3 is 5.97 Å². The van der Waals surface area contributed by atoms with Crippen LogP contribution in [0.15, 0.2) is 53.6 Å². The van der Waals surface area contributed by atoms with Gasteiger partial charge in [-0.15, -0.1) is 0 Å². The van der Waals surface area contributed by atoms with Crippen molar-refractivity contribution in [2.75, 3.05) is 5.32 Å². The van der Waals surface area contributed by atoms with Gasteiger partial charge in [0.25, 0.3) is 5.56 Å². The van der Waals surface area contributed by atoms with Gasteiger partial charge in [-0.2, -0.15) is 0 Å². The molecule has 31 heavy (non-hydrogen) atoms. The summed E-state index contributed by atoms with van der Waals surface area (Å²) in [5, 5.41) is 12.8. The van der Waals surface area contributed by atoms with Gasteiger partial charge < -0.3 is 14.8 Å². The van der Waals surface area contributed by atoms with Gasteiger partial charge in [-0.25, -0.2) is 9.78 Å². The second-order valence-electron chi connectivity index (χ2n) is 7.74. The number of carboxylic acids is 1. The molecule has 0 amide bonds. The molecular formula is C24H24N4O3. The van der Waals surface area contributed by atoms with E-state index in [0.717, 1.165) is 22.7 Å². The lowest BCUT2D eigenvalue weighted by Gasteiger charge is -2.15. The van der Waals surface area contributed by atoms with Crippen LogP contribution in [0.4, 0.5) is 5.69 Å². The molecule has 0 saturated carbocycles. The number of rotatable bonds is 5. The molecule has 0 spiro atoms. The number of imidazole rings is 1. The van der Waals surface area contributed by atoms with Crippen molar-refractivity contribution < 1.29 is 9.90 Å². The van der Waals surface area contributed by atoms with Gasteiger partial charge in [0.2, 0.25) is 0 Å². The lowest BCUT2D eigenvalue weighted by Crippen LogP contribution is -2.19. The Morgan fingerprint density at radius 1 is 1.06 bits per heavy atom. The molecule has 158 valence electrons. The molecule has 4 aromatic rings. The number of hydrogen-bond acceptors (Lipinski definition) is 4. The number of aromatic nitrogens is 3. The highest BCUT2D eigenvalue weighted by molar-refractivity contribution is 5.87. The van der Waals surface area contributed by atoms with Gasteiger partial charge in [0.1, 0.15) is 0 Å². The largest absolute Gasteiger partial charge is 0.478 e. The maximum Gasteiger partial charge on any atom is 0.337 e. The first kappa shape index (κ1) is 20.4. The van der Waals surface area contributed by atoms with Crippen LogP contribution in [-0.4, -0.2) is 25.0 Å². The third-order valence-corrected chi connectivity index (χ3v) is 5.72. The van der Waals surface area contributed by atoms with Crippen molar-refractivity contribution in [2.45, 2.75) is 34.2 Å². The molecule has 0 atom stereocenters. The van der Waals surface area contributed by atoms with Crippen LogP contribution in [0.2, 0.25) is 0 Å². The Hall–Kier alpha value is -3.87. The number of carboxylic acid groups (broad SMARTS) is 1. The Morgan fingerprint density at radius 2 is 1.77 bits per heavy atom. The lowest BCUT2D eigenvalue weighted by molar-refractivity contribution is 0.0696. The molecule has 0 saturated heterocycles. The zero-order valence-corrected chi connectivity index (χ0v) is 17.9. The van der Waals surface area contributed by atoms with Crippen LogP contribution < -0.4 is 10.9 Å². The van der Waals surface area contributed by atoms with Gasteiger partial charge in [-0.05, 0) is 56.5 Å². The predicted molar refractivity (Wildman–Crippen MR) is 120 cm³/mol. The number of aryl methyl sites for hydroxylation is 4. The third-order valence-electron chi connectivity index (χ3n) is 5.72. The van der Waals surface area contributed by atoms with Crippen LogP contribution in [0.5, 0.6) is 0 Å². The van der Waals surface area contributed by atoms with Crippen molar-refractivity contribution in [3.8, 4) is 5.69 Å². The summed E-state index contributed by atoms with van der Waals surface area (Å²) in [5.74, 6) is -1.09. The zero-order valence-electron chi connectivity index (χ0n) is 17.9. The number of carbonyl (C=O) groups is 1. The molecule has 0 aliphatic heterocycles. The maximum atomic E-state index is 12.5. The molecule has 0 bridgehead atoms. The van der Waals surface area contributed by atoms with E-state index in [-0.39, 0.29) is 11.1 Å². The van der Waals surface area contributed by atoms with Crippen LogP contribution in [0, 0.1) is 27.7 Å². The minimum absolute atomic E-state index is 0.0447. The van der Waals surface area contributed by atoms with Crippen LogP contribution in [0.25, 0.3) is 11.3 Å². The van der Waals surface area contributed by atoms with Gasteiger partial charge in [-0.1, -0.05) is 18.2 Å². The van der Waals surface area contributed by atoms with Gasteiger partial charge in [0.05, 0.1) is 22.6 Å². The average Bonchev–Trinajstić information content (AvgIpc) is 3.02. The summed E-state index contributed by atoms with van der Waals surface area (Å²) in [5.41, 5.74) is 7.26. The highest BCUT2D eigenvalue weighted by atomic mass is 16.4. The highest BCUT2D eigenvalue weighted by Crippen LogP contribution is 2.25. The Bertz CT molecular complexity index is 1360. The van der Waals surface area contributed by atoms with E-state index in [0.29, 0.717) is 12.2 Å². The van der Waals surface area contributed by atoms with E-state index >= 15 is 0 Å². The van der Waals surface area contributed by atoms with Crippen molar-refractivity contribution in [3.05, 3.63) is 92.8 Å². The Morgan fingerprint density at radius 3 is 2.45 bits per heavy atom. The van der Waals surface area contributed by atoms with Crippen molar-refractivity contribution in [3.63, 3.8) is 0 Å². The minimum Gasteiger partial charge on any atom is -0.478 e. The maximum absolute atomic E-state index is 12.5. The predicted octanol–water partition coefficient (Wildman–Crippen LogP) is 4.03. The standard InChI is InChI=1S/C24H24N4O3/c1-14-6-5-7-15(2)20(14)11-25-21-10-19(13-27-17(4)16(3)26-23(21)27)28-12-18(24(30)31)8-9-22(28)29/h5-10,12-13,25H,11H2,1-4H3,(H,30,31). The number of benzene rings is 1. The summed E-state index contributed by atoms with van der Waals surface area (Å²) >= 11 is 0. The molecule has 0 aliphatic rings. The normalized spacial score (nSPS) is 11.1. The first-order valence-corrected chi connectivity index (χ1v) is 10.0. The van der Waals surface area contributed by atoms with Gasteiger partial charge in [0, 0.05) is 30.7 Å². The molecule has 0 radical (unpaired) electrons. The summed E-state index contributed by atoms with van der Waals surface area (Å²) in [6.07, 6.45) is 3.15. The Balaban J connectivity index is 1.86. The molecular weight excluding hydrogens is 392 g/mol. The van der Waals surface area contributed by atoms with Gasteiger partial charge in [0.15, 0.2) is 5.65 Å². The van der Waals surface area contributed by atoms with Crippen molar-refractivity contribution in [2.24, 2.45) is 0 Å². The molecule has 4 rings (SSSR count). The topological polar surface area (TPSA) is 88.6 Å². The summed E-state index contributed by atoms with van der Waals surface area (Å²) in [6, 6.07) is 10.6. The third kappa shape index (κ3) is 3.70. The summed E-state index contributed by atoms with van der Waals surface area (Å²) in [6.45, 7) is 8.67. The number of pyridine rings is 2. The smallest absolute Gasteiger partial charge is 0.337 e. The van der Waals surface area contributed by atoms with Crippen molar-refractivity contribution >= 4 is 17.3 Å². The van der Waals surface area contributed by atoms with E-state index in [1.165, 1.54) is 39.6 Å². The van der Waals surface area contributed by atoms with Crippen LogP contribution in [-0.2, 0) is 6.54 Å². The Kier molecular flexibility index (Phi) is 5.10. The molecule has 2 N–H and O–H groups in total. The Labute approximate surface area is 179 Å². The second-order valence-corrected chi connectivity index (χ2v) is 7.74. The monoisotopic (exact) mass is 416 g/mol. The first-order valence-electron chi connectivity index (χ1n) is 10.0. The molecule has 0 aliphatic carbocycles. The molecule has 1 aromatic carbocycles. The fourth-order valence-electron chi connectivity index (χ4n) is 3.75. The number of nitrogens with zero attached hydrogens (tertiary/aromatic N) is 3. The molecule has 7 nitrogen and oxygen atoms in total. The van der Waals surface area contributed by atoms with Crippen molar-refractivity contribution in [1.29, 1.82) is 0 Å². The highest BCUT2D eigenvalue weighted by Gasteiger charge is 2.14. The minimum atomic E-state index is -1.09. The zero-order chi connectivity index (χ0) is 22.3.